The minimum atomic E-state index is 1.05. The van der Waals surface area contributed by atoms with Crippen molar-refractivity contribution >= 4 is 28.8 Å². The zero-order valence-corrected chi connectivity index (χ0v) is 28.9. The van der Waals surface area contributed by atoms with Gasteiger partial charge in [-0.3, -0.25) is 0 Å². The Morgan fingerprint density at radius 2 is 1.18 bits per heavy atom. The lowest BCUT2D eigenvalue weighted by Gasteiger charge is -2.30. The molecular formula is C43H52N2. The molecule has 0 saturated heterocycles. The van der Waals surface area contributed by atoms with Crippen molar-refractivity contribution < 1.29 is 0 Å². The molecule has 0 atom stereocenters. The molecule has 0 aliphatic heterocycles. The standard InChI is InChI=1S/C24H27N.C15H17N.C2H6.C2H2/c1-5-21(16-18(2)3)25(22-13-8-10-19(4)17-22)24-15-9-12-20-11-6-7-14-23(20)24;1-12-6-4-8-14(10-12)16(3)15-9-5-7-13(2)11-15;2*1-2/h5-8,10-14,16-17H,9,15H2,1-4H3;4-11H,1-3H3;1-2H3;1-2H/b21-5+;;;. The van der Waals surface area contributed by atoms with Gasteiger partial charge >= 0.3 is 0 Å². The Bertz CT molecular complexity index is 1670. The van der Waals surface area contributed by atoms with E-state index in [0.29, 0.717) is 0 Å². The lowest BCUT2D eigenvalue weighted by molar-refractivity contribution is 1.00. The number of allylic oxidation sites excluding steroid dienone is 3. The van der Waals surface area contributed by atoms with E-state index in [4.69, 9.17) is 0 Å². The molecule has 5 rings (SSSR count). The topological polar surface area (TPSA) is 6.48 Å². The van der Waals surface area contributed by atoms with Crippen LogP contribution in [0.3, 0.4) is 0 Å². The molecule has 0 aromatic heterocycles. The van der Waals surface area contributed by atoms with E-state index in [1.807, 2.05) is 13.8 Å². The van der Waals surface area contributed by atoms with E-state index in [1.54, 1.807) is 0 Å². The van der Waals surface area contributed by atoms with Crippen LogP contribution in [-0.2, 0) is 0 Å². The van der Waals surface area contributed by atoms with Crippen LogP contribution in [0.4, 0.5) is 17.1 Å². The highest BCUT2D eigenvalue weighted by molar-refractivity contribution is 5.76. The predicted molar refractivity (Wildman–Crippen MR) is 201 cm³/mol. The third-order valence-corrected chi connectivity index (χ3v) is 7.32. The first-order chi connectivity index (χ1) is 21.8. The van der Waals surface area contributed by atoms with E-state index in [2.05, 4.69) is 187 Å². The van der Waals surface area contributed by atoms with Crippen LogP contribution in [0.1, 0.15) is 64.2 Å². The molecule has 0 amide bonds. The Morgan fingerprint density at radius 3 is 1.67 bits per heavy atom. The Balaban J connectivity index is 0.000000304. The van der Waals surface area contributed by atoms with Crippen LogP contribution in [0, 0.1) is 33.6 Å². The first-order valence-electron chi connectivity index (χ1n) is 15.9. The summed E-state index contributed by atoms with van der Waals surface area (Å²) in [6.45, 7) is 16.8. The molecule has 0 N–H and O–H groups in total. The zero-order valence-electron chi connectivity index (χ0n) is 28.9. The maximum absolute atomic E-state index is 4.00. The lowest BCUT2D eigenvalue weighted by atomic mass is 10.0. The van der Waals surface area contributed by atoms with Crippen LogP contribution in [0.15, 0.2) is 120 Å². The quantitative estimate of drug-likeness (QED) is 0.161. The summed E-state index contributed by atoms with van der Waals surface area (Å²) >= 11 is 0. The van der Waals surface area contributed by atoms with Gasteiger partial charge in [0.05, 0.1) is 0 Å². The van der Waals surface area contributed by atoms with Gasteiger partial charge in [0.25, 0.3) is 0 Å². The monoisotopic (exact) mass is 596 g/mol. The van der Waals surface area contributed by atoms with E-state index >= 15 is 0 Å². The number of nitrogens with zero attached hydrogens (tertiary/aromatic N) is 2. The minimum Gasteiger partial charge on any atom is -0.345 e. The van der Waals surface area contributed by atoms with E-state index in [1.165, 1.54) is 61.2 Å². The molecule has 45 heavy (non-hydrogen) atoms. The van der Waals surface area contributed by atoms with Crippen molar-refractivity contribution in [1.29, 1.82) is 0 Å². The third kappa shape index (κ3) is 10.4. The molecule has 1 aliphatic carbocycles. The lowest BCUT2D eigenvalue weighted by Crippen LogP contribution is -2.36. The molecular weight excluding hydrogens is 544 g/mol. The summed E-state index contributed by atoms with van der Waals surface area (Å²) in [4.78, 5) is 4.64. The number of rotatable bonds is 6. The summed E-state index contributed by atoms with van der Waals surface area (Å²) in [5, 5.41) is 2.69. The van der Waals surface area contributed by atoms with Crippen LogP contribution >= 0.6 is 0 Å². The van der Waals surface area contributed by atoms with Crippen molar-refractivity contribution in [2.45, 2.75) is 68.2 Å². The van der Waals surface area contributed by atoms with Gasteiger partial charge in [0.2, 0.25) is 0 Å². The first-order valence-corrected chi connectivity index (χ1v) is 15.9. The van der Waals surface area contributed by atoms with Crippen LogP contribution in [-0.4, -0.2) is 7.05 Å². The highest BCUT2D eigenvalue weighted by Crippen LogP contribution is 2.30. The molecule has 0 saturated carbocycles. The number of anilines is 3. The smallest absolute Gasteiger partial charge is 0.0461 e. The average molecular weight is 597 g/mol. The summed E-state index contributed by atoms with van der Waals surface area (Å²) in [5.74, 6) is 0. The number of aryl methyl sites for hydroxylation is 3. The second-order valence-electron chi connectivity index (χ2n) is 11.1. The second-order valence-corrected chi connectivity index (χ2v) is 11.1. The maximum Gasteiger partial charge on any atom is 0.0461 e. The van der Waals surface area contributed by atoms with Gasteiger partial charge in [-0.1, -0.05) is 92.2 Å². The van der Waals surface area contributed by atoms with E-state index in [9.17, 15) is 0 Å². The Morgan fingerprint density at radius 1 is 0.689 bits per heavy atom. The molecule has 0 radical (unpaired) electrons. The molecule has 1 aliphatic rings. The highest BCUT2D eigenvalue weighted by Gasteiger charge is 2.18. The van der Waals surface area contributed by atoms with Crippen molar-refractivity contribution in [3.8, 4) is 12.8 Å². The minimum absolute atomic E-state index is 1.05. The van der Waals surface area contributed by atoms with Gasteiger partial charge in [0.1, 0.15) is 0 Å². The summed E-state index contributed by atoms with van der Waals surface area (Å²) in [7, 11) is 2.10. The molecule has 0 bridgehead atoms. The van der Waals surface area contributed by atoms with Crippen LogP contribution in [0.2, 0.25) is 0 Å². The van der Waals surface area contributed by atoms with Gasteiger partial charge in [-0.2, -0.15) is 0 Å². The maximum atomic E-state index is 4.00. The van der Waals surface area contributed by atoms with Crippen LogP contribution in [0.25, 0.3) is 11.8 Å². The third-order valence-electron chi connectivity index (χ3n) is 7.32. The van der Waals surface area contributed by atoms with Gasteiger partial charge in [0, 0.05) is 40.7 Å². The average Bonchev–Trinajstić information content (AvgIpc) is 3.06. The summed E-state index contributed by atoms with van der Waals surface area (Å²) < 4.78 is 0. The van der Waals surface area contributed by atoms with Gasteiger partial charge in [0.15, 0.2) is 0 Å². The fraction of sp³-hybridized carbons (Fsp3) is 0.256. The summed E-state index contributed by atoms with van der Waals surface area (Å²) in [5.41, 5.74) is 11.5. The summed E-state index contributed by atoms with van der Waals surface area (Å²) in [6.07, 6.45) is 17.0. The molecule has 4 aromatic carbocycles. The van der Waals surface area contributed by atoms with Crippen molar-refractivity contribution in [3.05, 3.63) is 148 Å². The molecule has 0 heterocycles. The molecule has 2 nitrogen and oxygen atoms in total. The second kappa shape index (κ2) is 18.8. The van der Waals surface area contributed by atoms with Crippen LogP contribution in [0.5, 0.6) is 0 Å². The largest absolute Gasteiger partial charge is 0.345 e. The molecule has 0 spiro atoms. The predicted octanol–water partition coefficient (Wildman–Crippen LogP) is 10.4. The zero-order chi connectivity index (χ0) is 33.4. The van der Waals surface area contributed by atoms with E-state index in [0.717, 1.165) is 12.8 Å². The first kappa shape index (κ1) is 36.5. The Hall–Kier alpha value is -4.74. The van der Waals surface area contributed by atoms with Crippen LogP contribution < -0.4 is 20.2 Å². The Labute approximate surface area is 273 Å². The number of fused-ring (bicyclic) bond motifs is 1. The van der Waals surface area contributed by atoms with Crippen molar-refractivity contribution in [2.75, 3.05) is 16.8 Å². The number of terminal acetylenes is 1. The Kier molecular flexibility index (Phi) is 15.2. The van der Waals surface area contributed by atoms with E-state index in [-0.39, 0.29) is 0 Å². The van der Waals surface area contributed by atoms with E-state index < -0.39 is 0 Å². The van der Waals surface area contributed by atoms with Gasteiger partial charge in [-0.25, -0.2) is 0 Å². The fourth-order valence-electron chi connectivity index (χ4n) is 5.29. The van der Waals surface area contributed by atoms with Gasteiger partial charge in [-0.05, 0) is 119 Å². The SMILES string of the molecule is C#C.C/C=C(\C=C(C)C)N(C1=c2ccccc2=CCC1)c1cccc(C)c1.CC.Cc1cccc(N(C)c2cccc(C)c2)c1. The summed E-state index contributed by atoms with van der Waals surface area (Å²) in [6, 6.07) is 34.6. The number of hydrogen-bond acceptors (Lipinski definition) is 2. The number of benzene rings is 4. The highest BCUT2D eigenvalue weighted by atomic mass is 15.2. The van der Waals surface area contributed by atoms with Gasteiger partial charge in [-0.15, -0.1) is 12.8 Å². The van der Waals surface area contributed by atoms with Gasteiger partial charge < -0.3 is 9.80 Å². The van der Waals surface area contributed by atoms with Crippen molar-refractivity contribution in [1.82, 2.24) is 0 Å². The number of hydrogen-bond donors (Lipinski definition) is 0. The van der Waals surface area contributed by atoms with Crippen molar-refractivity contribution in [3.63, 3.8) is 0 Å². The molecule has 2 heteroatoms. The molecule has 234 valence electrons. The molecule has 4 aromatic rings. The molecule has 0 fully saturated rings. The van der Waals surface area contributed by atoms with Crippen molar-refractivity contribution in [2.24, 2.45) is 0 Å². The fourth-order valence-corrected chi connectivity index (χ4v) is 5.29. The normalized spacial score (nSPS) is 11.4. The molecule has 0 unspecified atom stereocenters.